The molecule has 3 heteroatoms. The van der Waals surface area contributed by atoms with Crippen molar-refractivity contribution < 1.29 is 0 Å². The van der Waals surface area contributed by atoms with Crippen LogP contribution in [0.25, 0.3) is 0 Å². The number of nitrogens with zero attached hydrogens (tertiary/aromatic N) is 1. The van der Waals surface area contributed by atoms with Crippen molar-refractivity contribution in [3.05, 3.63) is 34.9 Å². The Labute approximate surface area is 121 Å². The van der Waals surface area contributed by atoms with Crippen molar-refractivity contribution in [3.63, 3.8) is 0 Å². The summed E-state index contributed by atoms with van der Waals surface area (Å²) in [6.07, 6.45) is 2.47. The molecule has 0 aliphatic heterocycles. The first kappa shape index (κ1) is 14.8. The highest BCUT2D eigenvalue weighted by Crippen LogP contribution is 2.40. The van der Waals surface area contributed by atoms with E-state index in [2.05, 4.69) is 31.9 Å². The third kappa shape index (κ3) is 3.50. The molecule has 1 aromatic rings. The highest BCUT2D eigenvalue weighted by molar-refractivity contribution is 6.31. The average molecular weight is 281 g/mol. The molecule has 2 N–H and O–H groups in total. The van der Waals surface area contributed by atoms with Crippen LogP contribution >= 0.6 is 11.6 Å². The van der Waals surface area contributed by atoms with E-state index in [0.29, 0.717) is 12.0 Å². The highest BCUT2D eigenvalue weighted by atomic mass is 35.5. The number of hydrogen-bond donors (Lipinski definition) is 1. The predicted molar refractivity (Wildman–Crippen MR) is 82.3 cm³/mol. The van der Waals surface area contributed by atoms with Gasteiger partial charge in [0.25, 0.3) is 0 Å². The molecule has 106 valence electrons. The number of rotatable bonds is 4. The Kier molecular flexibility index (Phi) is 4.54. The molecule has 0 saturated heterocycles. The zero-order chi connectivity index (χ0) is 14.0. The van der Waals surface area contributed by atoms with Crippen LogP contribution in [-0.2, 0) is 6.54 Å². The van der Waals surface area contributed by atoms with Crippen LogP contribution in [0, 0.1) is 11.3 Å². The average Bonchev–Trinajstić information content (AvgIpc) is 2.59. The van der Waals surface area contributed by atoms with E-state index in [1.54, 1.807) is 0 Å². The maximum Gasteiger partial charge on any atom is 0.0451 e. The molecule has 1 aromatic carbocycles. The van der Waals surface area contributed by atoms with Crippen LogP contribution < -0.4 is 5.73 Å². The molecule has 0 radical (unpaired) electrons. The van der Waals surface area contributed by atoms with Gasteiger partial charge in [-0.25, -0.2) is 0 Å². The Morgan fingerprint density at radius 3 is 2.63 bits per heavy atom. The van der Waals surface area contributed by atoms with E-state index in [1.807, 2.05) is 18.2 Å². The molecule has 2 nitrogen and oxygen atoms in total. The van der Waals surface area contributed by atoms with Gasteiger partial charge in [0.15, 0.2) is 0 Å². The van der Waals surface area contributed by atoms with Crippen molar-refractivity contribution >= 4 is 11.6 Å². The van der Waals surface area contributed by atoms with E-state index in [4.69, 9.17) is 17.3 Å². The van der Waals surface area contributed by atoms with Gasteiger partial charge in [-0.15, -0.1) is 0 Å². The number of nitrogens with two attached hydrogens (primary N) is 1. The molecular formula is C16H25ClN2. The topological polar surface area (TPSA) is 29.3 Å². The Bertz CT molecular complexity index is 431. The van der Waals surface area contributed by atoms with Gasteiger partial charge in [0.05, 0.1) is 0 Å². The molecule has 0 bridgehead atoms. The van der Waals surface area contributed by atoms with Gasteiger partial charge >= 0.3 is 0 Å². The lowest BCUT2D eigenvalue weighted by molar-refractivity contribution is 0.229. The zero-order valence-electron chi connectivity index (χ0n) is 12.2. The van der Waals surface area contributed by atoms with Crippen molar-refractivity contribution in [2.75, 3.05) is 13.6 Å². The Balaban J connectivity index is 1.92. The standard InChI is InChI=1S/C16H25ClN2/c1-16(2)9-8-13(15(16)18)11-19(3)10-12-6-4-5-7-14(12)17/h4-7,13,15H,8-11,18H2,1-3H3. The molecule has 2 rings (SSSR count). The molecule has 1 aliphatic carbocycles. The van der Waals surface area contributed by atoms with E-state index in [-0.39, 0.29) is 5.41 Å². The van der Waals surface area contributed by atoms with Gasteiger partial charge < -0.3 is 10.6 Å². The Hall–Kier alpha value is -0.570. The first-order valence-corrected chi connectivity index (χ1v) is 7.45. The molecule has 19 heavy (non-hydrogen) atoms. The predicted octanol–water partition coefficient (Wildman–Crippen LogP) is 3.54. The largest absolute Gasteiger partial charge is 0.327 e. The summed E-state index contributed by atoms with van der Waals surface area (Å²) in [7, 11) is 2.15. The first-order chi connectivity index (χ1) is 8.90. The van der Waals surface area contributed by atoms with Crippen LogP contribution in [-0.4, -0.2) is 24.5 Å². The molecule has 0 heterocycles. The van der Waals surface area contributed by atoms with E-state index in [1.165, 1.54) is 18.4 Å². The second-order valence-corrected chi connectivity index (χ2v) is 7.01. The van der Waals surface area contributed by atoms with Crippen molar-refractivity contribution in [2.45, 2.75) is 39.3 Å². The van der Waals surface area contributed by atoms with Gasteiger partial charge in [-0.2, -0.15) is 0 Å². The minimum atomic E-state index is 0.288. The minimum Gasteiger partial charge on any atom is -0.327 e. The van der Waals surface area contributed by atoms with Gasteiger partial charge in [0.2, 0.25) is 0 Å². The molecule has 2 unspecified atom stereocenters. The fourth-order valence-corrected chi connectivity index (χ4v) is 3.32. The van der Waals surface area contributed by atoms with Crippen molar-refractivity contribution in [1.82, 2.24) is 4.90 Å². The fraction of sp³-hybridized carbons (Fsp3) is 0.625. The third-order valence-corrected chi connectivity index (χ3v) is 4.88. The van der Waals surface area contributed by atoms with Gasteiger partial charge in [-0.1, -0.05) is 43.6 Å². The summed E-state index contributed by atoms with van der Waals surface area (Å²) in [4.78, 5) is 2.34. The Morgan fingerprint density at radius 2 is 2.05 bits per heavy atom. The second-order valence-electron chi connectivity index (χ2n) is 6.60. The highest BCUT2D eigenvalue weighted by Gasteiger charge is 2.39. The fourth-order valence-electron chi connectivity index (χ4n) is 3.13. The lowest BCUT2D eigenvalue weighted by atomic mass is 9.85. The summed E-state index contributed by atoms with van der Waals surface area (Å²) in [5.41, 5.74) is 7.86. The third-order valence-electron chi connectivity index (χ3n) is 4.51. The second kappa shape index (κ2) is 5.82. The van der Waals surface area contributed by atoms with Gasteiger partial charge in [0, 0.05) is 24.2 Å². The molecule has 0 aromatic heterocycles. The SMILES string of the molecule is CN(Cc1ccccc1Cl)CC1CCC(C)(C)C1N. The summed E-state index contributed by atoms with van der Waals surface area (Å²) in [6, 6.07) is 8.37. The van der Waals surface area contributed by atoms with Crippen LogP contribution in [0.15, 0.2) is 24.3 Å². The van der Waals surface area contributed by atoms with Crippen LogP contribution in [0.1, 0.15) is 32.3 Å². The van der Waals surface area contributed by atoms with Crippen LogP contribution in [0.5, 0.6) is 0 Å². The van der Waals surface area contributed by atoms with E-state index >= 15 is 0 Å². The number of benzene rings is 1. The van der Waals surface area contributed by atoms with Crippen LogP contribution in [0.3, 0.4) is 0 Å². The molecule has 2 atom stereocenters. The monoisotopic (exact) mass is 280 g/mol. The molecule has 0 amide bonds. The Morgan fingerprint density at radius 1 is 1.37 bits per heavy atom. The maximum atomic E-state index is 6.38. The van der Waals surface area contributed by atoms with E-state index in [0.717, 1.165) is 18.1 Å². The maximum absolute atomic E-state index is 6.38. The van der Waals surface area contributed by atoms with Crippen molar-refractivity contribution in [1.29, 1.82) is 0 Å². The lowest BCUT2D eigenvalue weighted by Crippen LogP contribution is -2.41. The normalized spacial score (nSPS) is 26.0. The van der Waals surface area contributed by atoms with E-state index in [9.17, 15) is 0 Å². The molecular weight excluding hydrogens is 256 g/mol. The smallest absolute Gasteiger partial charge is 0.0451 e. The molecule has 1 aliphatic rings. The zero-order valence-corrected chi connectivity index (χ0v) is 13.0. The molecule has 1 saturated carbocycles. The summed E-state index contributed by atoms with van der Waals surface area (Å²) >= 11 is 6.21. The van der Waals surface area contributed by atoms with E-state index < -0.39 is 0 Å². The summed E-state index contributed by atoms with van der Waals surface area (Å²) in [5.74, 6) is 0.600. The summed E-state index contributed by atoms with van der Waals surface area (Å²) in [6.45, 7) is 6.51. The minimum absolute atomic E-state index is 0.288. The van der Waals surface area contributed by atoms with Crippen molar-refractivity contribution in [2.24, 2.45) is 17.1 Å². The van der Waals surface area contributed by atoms with Gasteiger partial charge in [-0.05, 0) is 42.9 Å². The van der Waals surface area contributed by atoms with Gasteiger partial charge in [0.1, 0.15) is 0 Å². The number of halogens is 1. The summed E-state index contributed by atoms with van der Waals surface area (Å²) < 4.78 is 0. The molecule has 1 fully saturated rings. The number of hydrogen-bond acceptors (Lipinski definition) is 2. The molecule has 0 spiro atoms. The van der Waals surface area contributed by atoms with Crippen LogP contribution in [0.2, 0.25) is 5.02 Å². The first-order valence-electron chi connectivity index (χ1n) is 7.07. The lowest BCUT2D eigenvalue weighted by Gasteiger charge is -2.29. The van der Waals surface area contributed by atoms with Gasteiger partial charge in [-0.3, -0.25) is 0 Å². The summed E-state index contributed by atoms with van der Waals surface area (Å²) in [5, 5.41) is 0.852. The van der Waals surface area contributed by atoms with Crippen molar-refractivity contribution in [3.8, 4) is 0 Å². The van der Waals surface area contributed by atoms with Crippen LogP contribution in [0.4, 0.5) is 0 Å². The quantitative estimate of drug-likeness (QED) is 0.914.